The molecule has 2 unspecified atom stereocenters. The van der Waals surface area contributed by atoms with Crippen molar-refractivity contribution >= 4 is 6.09 Å². The Morgan fingerprint density at radius 1 is 1.40 bits per heavy atom. The zero-order chi connectivity index (χ0) is 11.1. The molecular weight excluding hydrogens is 192 g/mol. The molecule has 2 aliphatic rings. The largest absolute Gasteiger partial charge is 0.444 e. The van der Waals surface area contributed by atoms with Crippen LogP contribution in [0.15, 0.2) is 0 Å². The second kappa shape index (κ2) is 3.67. The average Bonchev–Trinajstić information content (AvgIpc) is 2.79. The van der Waals surface area contributed by atoms with Crippen molar-refractivity contribution < 1.29 is 9.53 Å². The molecule has 1 saturated heterocycles. The predicted octanol–water partition coefficient (Wildman–Crippen LogP) is 1.12. The minimum Gasteiger partial charge on any atom is -0.444 e. The molecule has 1 amide bonds. The van der Waals surface area contributed by atoms with E-state index in [9.17, 15) is 4.79 Å². The van der Waals surface area contributed by atoms with E-state index in [1.54, 1.807) is 0 Å². The quantitative estimate of drug-likeness (QED) is 0.685. The molecule has 2 rings (SSSR count). The van der Waals surface area contributed by atoms with Gasteiger partial charge in [0.05, 0.1) is 0 Å². The Labute approximate surface area is 90.8 Å². The summed E-state index contributed by atoms with van der Waals surface area (Å²) >= 11 is 0. The highest BCUT2D eigenvalue weighted by molar-refractivity contribution is 5.68. The number of carbonyl (C=O) groups excluding carboxylic acids is 1. The summed E-state index contributed by atoms with van der Waals surface area (Å²) in [5.74, 6) is 1.46. The van der Waals surface area contributed by atoms with Gasteiger partial charge < -0.3 is 15.4 Å². The summed E-state index contributed by atoms with van der Waals surface area (Å²) in [6.45, 7) is 7.63. The number of hydrogen-bond acceptors (Lipinski definition) is 3. The molecule has 0 radical (unpaired) electrons. The first-order chi connectivity index (χ1) is 6.96. The molecule has 86 valence electrons. The molecule has 0 aromatic carbocycles. The van der Waals surface area contributed by atoms with Crippen LogP contribution in [0.2, 0.25) is 0 Å². The van der Waals surface area contributed by atoms with Gasteiger partial charge in [0.1, 0.15) is 5.60 Å². The van der Waals surface area contributed by atoms with Gasteiger partial charge in [0.2, 0.25) is 0 Å². The van der Waals surface area contributed by atoms with Gasteiger partial charge in [-0.15, -0.1) is 0 Å². The van der Waals surface area contributed by atoms with Crippen molar-refractivity contribution in [1.29, 1.82) is 0 Å². The molecule has 4 heteroatoms. The van der Waals surface area contributed by atoms with Crippen molar-refractivity contribution in [2.75, 3.05) is 13.1 Å². The van der Waals surface area contributed by atoms with Crippen LogP contribution in [0.3, 0.4) is 0 Å². The molecule has 2 fully saturated rings. The van der Waals surface area contributed by atoms with E-state index >= 15 is 0 Å². The third kappa shape index (κ3) is 2.84. The van der Waals surface area contributed by atoms with Gasteiger partial charge in [-0.2, -0.15) is 0 Å². The molecule has 0 bridgehead atoms. The lowest BCUT2D eigenvalue weighted by Crippen LogP contribution is -2.48. The van der Waals surface area contributed by atoms with Gasteiger partial charge in [-0.1, -0.05) is 0 Å². The van der Waals surface area contributed by atoms with E-state index in [1.807, 2.05) is 20.8 Å². The lowest BCUT2D eigenvalue weighted by Gasteiger charge is -2.26. The Morgan fingerprint density at radius 2 is 2.13 bits per heavy atom. The van der Waals surface area contributed by atoms with Gasteiger partial charge >= 0.3 is 6.09 Å². The Morgan fingerprint density at radius 3 is 2.80 bits per heavy atom. The molecule has 0 spiro atoms. The first kappa shape index (κ1) is 10.7. The van der Waals surface area contributed by atoms with E-state index in [0.29, 0.717) is 5.92 Å². The minimum absolute atomic E-state index is 0.263. The van der Waals surface area contributed by atoms with Crippen molar-refractivity contribution in [2.45, 2.75) is 38.8 Å². The number of carbonyl (C=O) groups is 1. The van der Waals surface area contributed by atoms with Crippen LogP contribution in [0, 0.1) is 11.8 Å². The number of rotatable bonds is 1. The average molecular weight is 212 g/mol. The first-order valence-corrected chi connectivity index (χ1v) is 5.66. The lowest BCUT2D eigenvalue weighted by atomic mass is 10.1. The predicted molar refractivity (Wildman–Crippen MR) is 57.6 cm³/mol. The topological polar surface area (TPSA) is 50.4 Å². The van der Waals surface area contributed by atoms with Gasteiger partial charge in [0, 0.05) is 12.6 Å². The maximum absolute atomic E-state index is 11.5. The van der Waals surface area contributed by atoms with Crippen LogP contribution in [0.5, 0.6) is 0 Å². The fourth-order valence-electron chi connectivity index (χ4n) is 2.19. The zero-order valence-electron chi connectivity index (χ0n) is 9.67. The summed E-state index contributed by atoms with van der Waals surface area (Å²) in [6, 6.07) is 0.263. The fourth-order valence-corrected chi connectivity index (χ4v) is 2.19. The summed E-state index contributed by atoms with van der Waals surface area (Å²) in [6.07, 6.45) is 0.954. The Bertz CT molecular complexity index is 260. The second-order valence-electron chi connectivity index (χ2n) is 5.57. The van der Waals surface area contributed by atoms with Crippen molar-refractivity contribution in [3.05, 3.63) is 0 Å². The van der Waals surface area contributed by atoms with Gasteiger partial charge in [-0.25, -0.2) is 4.79 Å². The Kier molecular flexibility index (Phi) is 2.63. The van der Waals surface area contributed by atoms with E-state index in [1.165, 1.54) is 6.42 Å². The fraction of sp³-hybridized carbons (Fsp3) is 0.909. The molecule has 1 aliphatic heterocycles. The molecule has 1 aliphatic carbocycles. The van der Waals surface area contributed by atoms with E-state index in [4.69, 9.17) is 4.74 Å². The lowest BCUT2D eigenvalue weighted by molar-refractivity contribution is 0.0492. The molecular formula is C11H20N2O2. The van der Waals surface area contributed by atoms with Gasteiger partial charge in [-0.3, -0.25) is 0 Å². The molecule has 0 aromatic rings. The van der Waals surface area contributed by atoms with Crippen molar-refractivity contribution in [3.63, 3.8) is 0 Å². The number of ether oxygens (including phenoxy) is 1. The van der Waals surface area contributed by atoms with Crippen molar-refractivity contribution in [1.82, 2.24) is 10.6 Å². The summed E-state index contributed by atoms with van der Waals surface area (Å²) in [7, 11) is 0. The first-order valence-electron chi connectivity index (χ1n) is 5.66. The van der Waals surface area contributed by atoms with Gasteiger partial charge in [-0.05, 0) is 45.6 Å². The third-order valence-corrected chi connectivity index (χ3v) is 2.97. The SMILES string of the molecule is CC(C)(C)OC(=O)NC1CNC[C@H]2CC12. The van der Waals surface area contributed by atoms with Crippen molar-refractivity contribution in [2.24, 2.45) is 11.8 Å². The minimum atomic E-state index is -0.408. The zero-order valence-corrected chi connectivity index (χ0v) is 9.67. The van der Waals surface area contributed by atoms with Crippen LogP contribution in [0.25, 0.3) is 0 Å². The number of nitrogens with one attached hydrogen (secondary N) is 2. The number of alkyl carbamates (subject to hydrolysis) is 1. The second-order valence-corrected chi connectivity index (χ2v) is 5.57. The van der Waals surface area contributed by atoms with E-state index < -0.39 is 5.60 Å². The van der Waals surface area contributed by atoms with Crippen LogP contribution >= 0.6 is 0 Å². The normalized spacial score (nSPS) is 34.2. The summed E-state index contributed by atoms with van der Waals surface area (Å²) in [5.41, 5.74) is -0.408. The van der Waals surface area contributed by atoms with Crippen LogP contribution in [-0.4, -0.2) is 30.8 Å². The maximum atomic E-state index is 11.5. The molecule has 15 heavy (non-hydrogen) atoms. The van der Waals surface area contributed by atoms with Crippen LogP contribution in [-0.2, 0) is 4.74 Å². The maximum Gasteiger partial charge on any atom is 0.407 e. The molecule has 3 atom stereocenters. The van der Waals surface area contributed by atoms with Gasteiger partial charge in [0.25, 0.3) is 0 Å². The number of hydrogen-bond donors (Lipinski definition) is 2. The number of piperidine rings is 1. The monoisotopic (exact) mass is 212 g/mol. The summed E-state index contributed by atoms with van der Waals surface area (Å²) in [4.78, 5) is 11.5. The van der Waals surface area contributed by atoms with E-state index in [0.717, 1.165) is 19.0 Å². The molecule has 2 N–H and O–H groups in total. The summed E-state index contributed by atoms with van der Waals surface area (Å²) < 4.78 is 5.23. The smallest absolute Gasteiger partial charge is 0.407 e. The highest BCUT2D eigenvalue weighted by Crippen LogP contribution is 2.42. The molecule has 1 heterocycles. The standard InChI is InChI=1S/C11H20N2O2/c1-11(2,3)15-10(14)13-9-6-12-5-7-4-8(7)9/h7-9,12H,4-6H2,1-3H3,(H,13,14)/t7-,8?,9?/m1/s1. The number of fused-ring (bicyclic) bond motifs is 1. The van der Waals surface area contributed by atoms with Crippen molar-refractivity contribution in [3.8, 4) is 0 Å². The Balaban J connectivity index is 1.79. The van der Waals surface area contributed by atoms with Crippen LogP contribution in [0.4, 0.5) is 4.79 Å². The van der Waals surface area contributed by atoms with Gasteiger partial charge in [0.15, 0.2) is 0 Å². The van der Waals surface area contributed by atoms with E-state index in [2.05, 4.69) is 10.6 Å². The number of amides is 1. The molecule has 0 aromatic heterocycles. The highest BCUT2D eigenvalue weighted by Gasteiger charge is 2.46. The molecule has 1 saturated carbocycles. The van der Waals surface area contributed by atoms with E-state index in [-0.39, 0.29) is 12.1 Å². The van der Waals surface area contributed by atoms with Crippen LogP contribution in [0.1, 0.15) is 27.2 Å². The summed E-state index contributed by atoms with van der Waals surface area (Å²) in [5, 5.41) is 6.27. The van der Waals surface area contributed by atoms with Crippen LogP contribution < -0.4 is 10.6 Å². The molecule has 4 nitrogen and oxygen atoms in total. The third-order valence-electron chi connectivity index (χ3n) is 2.97. The Hall–Kier alpha value is -0.770. The highest BCUT2D eigenvalue weighted by atomic mass is 16.6.